The lowest BCUT2D eigenvalue weighted by Gasteiger charge is -2.25. The zero-order valence-corrected chi connectivity index (χ0v) is 16.2. The molecule has 148 valence electrons. The molecule has 0 aliphatic carbocycles. The molecule has 0 radical (unpaired) electrons. The number of carbonyl (C=O) groups is 2. The van der Waals surface area contributed by atoms with Crippen LogP contribution in [0, 0.1) is 5.82 Å². The van der Waals surface area contributed by atoms with E-state index in [9.17, 15) is 14.0 Å². The molecular formula is C22H25FN2O3. The normalized spacial score (nSPS) is 17.9. The summed E-state index contributed by atoms with van der Waals surface area (Å²) in [4.78, 5) is 26.4. The molecule has 1 aliphatic rings. The first-order valence-corrected chi connectivity index (χ1v) is 9.45. The van der Waals surface area contributed by atoms with Crippen molar-refractivity contribution < 1.29 is 18.7 Å². The fraction of sp³-hybridized carbons (Fsp3) is 0.364. The van der Waals surface area contributed by atoms with E-state index in [1.165, 1.54) is 19.2 Å². The number of nitrogens with zero attached hydrogens (tertiary/aromatic N) is 1. The Kier molecular flexibility index (Phi) is 6.41. The maximum Gasteiger partial charge on any atom is 0.337 e. The van der Waals surface area contributed by atoms with E-state index >= 15 is 0 Å². The van der Waals surface area contributed by atoms with Crippen LogP contribution in [0.2, 0.25) is 0 Å². The first-order valence-electron chi connectivity index (χ1n) is 9.45. The Morgan fingerprint density at radius 1 is 1.25 bits per heavy atom. The van der Waals surface area contributed by atoms with Crippen molar-refractivity contribution in [1.82, 2.24) is 10.2 Å². The van der Waals surface area contributed by atoms with E-state index in [4.69, 9.17) is 4.74 Å². The fourth-order valence-corrected chi connectivity index (χ4v) is 3.60. The smallest absolute Gasteiger partial charge is 0.337 e. The van der Waals surface area contributed by atoms with Gasteiger partial charge in [-0.1, -0.05) is 24.3 Å². The van der Waals surface area contributed by atoms with Crippen LogP contribution in [0.3, 0.4) is 0 Å². The van der Waals surface area contributed by atoms with Gasteiger partial charge in [-0.3, -0.25) is 9.69 Å². The standard InChI is InChI=1S/C22H25FN2O3/c1-15(17-8-10-18(11-9-17)22(27)28-2)24-21(26)20-7-4-12-25(20)14-16-5-3-6-19(23)13-16/h3,5-6,8-11,13,15,20H,4,7,12,14H2,1-2H3,(H,24,26)/t15-,20?/m0/s1. The van der Waals surface area contributed by atoms with Crippen LogP contribution in [-0.2, 0) is 16.1 Å². The molecule has 1 amide bonds. The number of amides is 1. The summed E-state index contributed by atoms with van der Waals surface area (Å²) in [5.74, 6) is -0.678. The van der Waals surface area contributed by atoms with Crippen LogP contribution in [0.5, 0.6) is 0 Å². The first kappa shape index (κ1) is 20.0. The minimum absolute atomic E-state index is 0.0292. The van der Waals surface area contributed by atoms with Crippen molar-refractivity contribution in [3.63, 3.8) is 0 Å². The number of ether oxygens (including phenoxy) is 1. The van der Waals surface area contributed by atoms with E-state index in [0.29, 0.717) is 12.1 Å². The molecule has 2 aromatic rings. The third-order valence-electron chi connectivity index (χ3n) is 5.13. The van der Waals surface area contributed by atoms with Gasteiger partial charge in [0.2, 0.25) is 5.91 Å². The maximum atomic E-state index is 13.4. The average Bonchev–Trinajstić information content (AvgIpc) is 3.15. The average molecular weight is 384 g/mol. The molecule has 1 N–H and O–H groups in total. The van der Waals surface area contributed by atoms with Crippen molar-refractivity contribution in [3.8, 4) is 0 Å². The number of benzene rings is 2. The van der Waals surface area contributed by atoms with Gasteiger partial charge in [-0.2, -0.15) is 0 Å². The van der Waals surface area contributed by atoms with E-state index in [1.807, 2.05) is 25.1 Å². The highest BCUT2D eigenvalue weighted by atomic mass is 19.1. The van der Waals surface area contributed by atoms with Crippen molar-refractivity contribution in [2.24, 2.45) is 0 Å². The molecule has 6 heteroatoms. The molecule has 0 spiro atoms. The number of rotatable bonds is 6. The predicted octanol–water partition coefficient (Wildman–Crippen LogP) is 3.45. The Balaban J connectivity index is 1.61. The van der Waals surface area contributed by atoms with Gasteiger partial charge in [0.25, 0.3) is 0 Å². The molecule has 0 aromatic heterocycles. The highest BCUT2D eigenvalue weighted by molar-refractivity contribution is 5.89. The Hall–Kier alpha value is -2.73. The van der Waals surface area contributed by atoms with Crippen LogP contribution in [0.15, 0.2) is 48.5 Å². The van der Waals surface area contributed by atoms with Crippen LogP contribution < -0.4 is 5.32 Å². The zero-order chi connectivity index (χ0) is 20.1. The molecule has 1 heterocycles. The molecule has 1 unspecified atom stereocenters. The lowest BCUT2D eigenvalue weighted by atomic mass is 10.1. The number of methoxy groups -OCH3 is 1. The van der Waals surface area contributed by atoms with Gasteiger partial charge in [0.05, 0.1) is 24.8 Å². The quantitative estimate of drug-likeness (QED) is 0.775. The van der Waals surface area contributed by atoms with Gasteiger partial charge in [-0.05, 0) is 61.7 Å². The number of likely N-dealkylation sites (tertiary alicyclic amines) is 1. The maximum absolute atomic E-state index is 13.4. The highest BCUT2D eigenvalue weighted by Gasteiger charge is 2.31. The highest BCUT2D eigenvalue weighted by Crippen LogP contribution is 2.22. The molecule has 2 aromatic carbocycles. The monoisotopic (exact) mass is 384 g/mol. The minimum atomic E-state index is -0.387. The van der Waals surface area contributed by atoms with Crippen molar-refractivity contribution in [2.45, 2.75) is 38.4 Å². The van der Waals surface area contributed by atoms with Crippen molar-refractivity contribution >= 4 is 11.9 Å². The number of hydrogen-bond donors (Lipinski definition) is 1. The van der Waals surface area contributed by atoms with Crippen LogP contribution in [0.4, 0.5) is 4.39 Å². The molecular weight excluding hydrogens is 359 g/mol. The molecule has 28 heavy (non-hydrogen) atoms. The summed E-state index contributed by atoms with van der Waals surface area (Å²) < 4.78 is 18.1. The topological polar surface area (TPSA) is 58.6 Å². The molecule has 1 fully saturated rings. The Morgan fingerprint density at radius 2 is 2.00 bits per heavy atom. The van der Waals surface area contributed by atoms with Gasteiger partial charge in [0.15, 0.2) is 0 Å². The van der Waals surface area contributed by atoms with Crippen LogP contribution >= 0.6 is 0 Å². The van der Waals surface area contributed by atoms with Crippen LogP contribution in [0.25, 0.3) is 0 Å². The Bertz CT molecular complexity index is 838. The van der Waals surface area contributed by atoms with Crippen LogP contribution in [-0.4, -0.2) is 36.5 Å². The second-order valence-electron chi connectivity index (χ2n) is 7.10. The molecule has 3 rings (SSSR count). The SMILES string of the molecule is COC(=O)c1ccc([C@H](C)NC(=O)C2CCCN2Cc2cccc(F)c2)cc1. The third kappa shape index (κ3) is 4.75. The first-order chi connectivity index (χ1) is 13.5. The van der Waals surface area contributed by atoms with Gasteiger partial charge in [-0.15, -0.1) is 0 Å². The molecule has 0 bridgehead atoms. The summed E-state index contributed by atoms with van der Waals surface area (Å²) in [6.07, 6.45) is 1.73. The van der Waals surface area contributed by atoms with Gasteiger partial charge < -0.3 is 10.1 Å². The Morgan fingerprint density at radius 3 is 2.68 bits per heavy atom. The zero-order valence-electron chi connectivity index (χ0n) is 16.2. The second-order valence-corrected chi connectivity index (χ2v) is 7.10. The fourth-order valence-electron chi connectivity index (χ4n) is 3.60. The number of halogens is 1. The van der Waals surface area contributed by atoms with E-state index in [-0.39, 0.29) is 29.8 Å². The molecule has 1 aliphatic heterocycles. The number of nitrogens with one attached hydrogen (secondary N) is 1. The lowest BCUT2D eigenvalue weighted by molar-refractivity contribution is -0.126. The van der Waals surface area contributed by atoms with Gasteiger partial charge in [0.1, 0.15) is 5.82 Å². The minimum Gasteiger partial charge on any atom is -0.465 e. The summed E-state index contributed by atoms with van der Waals surface area (Å²) in [5.41, 5.74) is 2.25. The summed E-state index contributed by atoms with van der Waals surface area (Å²) in [7, 11) is 1.34. The summed E-state index contributed by atoms with van der Waals surface area (Å²) in [5, 5.41) is 3.06. The van der Waals surface area contributed by atoms with Crippen molar-refractivity contribution in [3.05, 3.63) is 71.0 Å². The molecule has 5 nitrogen and oxygen atoms in total. The summed E-state index contributed by atoms with van der Waals surface area (Å²) >= 11 is 0. The second kappa shape index (κ2) is 8.97. The molecule has 0 saturated carbocycles. The van der Waals surface area contributed by atoms with E-state index in [1.54, 1.807) is 18.2 Å². The van der Waals surface area contributed by atoms with Gasteiger partial charge in [0, 0.05) is 6.54 Å². The predicted molar refractivity (Wildman–Crippen MR) is 104 cm³/mol. The lowest BCUT2D eigenvalue weighted by Crippen LogP contribution is -2.43. The number of esters is 1. The van der Waals surface area contributed by atoms with Crippen molar-refractivity contribution in [1.29, 1.82) is 0 Å². The number of hydrogen-bond acceptors (Lipinski definition) is 4. The number of carbonyl (C=O) groups excluding carboxylic acids is 2. The van der Waals surface area contributed by atoms with E-state index < -0.39 is 0 Å². The molecule has 2 atom stereocenters. The van der Waals surface area contributed by atoms with Crippen molar-refractivity contribution in [2.75, 3.05) is 13.7 Å². The summed E-state index contributed by atoms with van der Waals surface area (Å²) in [6.45, 7) is 3.28. The van der Waals surface area contributed by atoms with E-state index in [0.717, 1.165) is 30.5 Å². The van der Waals surface area contributed by atoms with Gasteiger partial charge >= 0.3 is 5.97 Å². The Labute approximate surface area is 164 Å². The molecule has 1 saturated heterocycles. The largest absolute Gasteiger partial charge is 0.465 e. The van der Waals surface area contributed by atoms with Crippen LogP contribution in [0.1, 0.15) is 47.3 Å². The summed E-state index contributed by atoms with van der Waals surface area (Å²) in [6, 6.07) is 13.1. The van der Waals surface area contributed by atoms with E-state index in [2.05, 4.69) is 10.2 Å². The third-order valence-corrected chi connectivity index (χ3v) is 5.13. The van der Waals surface area contributed by atoms with Gasteiger partial charge in [-0.25, -0.2) is 9.18 Å².